The minimum atomic E-state index is 0.390. The van der Waals surface area contributed by atoms with Gasteiger partial charge in [-0.1, -0.05) is 13.0 Å². The second kappa shape index (κ2) is 3.77. The van der Waals surface area contributed by atoms with Crippen LogP contribution < -0.4 is 0 Å². The first-order chi connectivity index (χ1) is 5.27. The molecule has 0 aromatic rings. The summed E-state index contributed by atoms with van der Waals surface area (Å²) in [6, 6.07) is 0. The number of rotatable bonds is 4. The van der Waals surface area contributed by atoms with Crippen molar-refractivity contribution in [1.82, 2.24) is 0 Å². The highest BCUT2D eigenvalue weighted by Gasteiger charge is 2.32. The van der Waals surface area contributed by atoms with E-state index in [-0.39, 0.29) is 0 Å². The van der Waals surface area contributed by atoms with E-state index in [1.165, 1.54) is 0 Å². The number of allylic oxidation sites excluding steroid dienone is 1. The third-order valence-electron chi connectivity index (χ3n) is 1.96. The van der Waals surface area contributed by atoms with Crippen LogP contribution in [0.15, 0.2) is 12.3 Å². The van der Waals surface area contributed by atoms with Gasteiger partial charge in [-0.15, -0.1) is 0 Å². The van der Waals surface area contributed by atoms with Gasteiger partial charge in [0.25, 0.3) is 0 Å². The zero-order chi connectivity index (χ0) is 8.16. The molecule has 0 amide bonds. The summed E-state index contributed by atoms with van der Waals surface area (Å²) in [4.78, 5) is 0. The lowest BCUT2D eigenvalue weighted by Gasteiger charge is -2.37. The summed E-state index contributed by atoms with van der Waals surface area (Å²) < 4.78 is 10.3. The average molecular weight is 156 g/mol. The molecule has 0 atom stereocenters. The first-order valence-electron chi connectivity index (χ1n) is 4.07. The van der Waals surface area contributed by atoms with Crippen molar-refractivity contribution < 1.29 is 9.47 Å². The predicted octanol–water partition coefficient (Wildman–Crippen LogP) is 1.96. The molecule has 1 rings (SSSR count). The van der Waals surface area contributed by atoms with E-state index in [9.17, 15) is 0 Å². The highest BCUT2D eigenvalue weighted by atomic mass is 16.5. The van der Waals surface area contributed by atoms with Gasteiger partial charge in [0.1, 0.15) is 0 Å². The molecule has 0 bridgehead atoms. The van der Waals surface area contributed by atoms with Crippen LogP contribution >= 0.6 is 0 Å². The summed E-state index contributed by atoms with van der Waals surface area (Å²) in [6.07, 6.45) is 4.74. The monoisotopic (exact) mass is 156 g/mol. The zero-order valence-corrected chi connectivity index (χ0v) is 7.30. The van der Waals surface area contributed by atoms with Crippen molar-refractivity contribution in [2.75, 3.05) is 19.8 Å². The van der Waals surface area contributed by atoms with E-state index >= 15 is 0 Å². The molecular formula is C9H16O2. The summed E-state index contributed by atoms with van der Waals surface area (Å²) in [7, 11) is 0. The highest BCUT2D eigenvalue weighted by molar-refractivity contribution is 4.80. The van der Waals surface area contributed by atoms with Crippen LogP contribution in [0, 0.1) is 5.41 Å². The summed E-state index contributed by atoms with van der Waals surface area (Å²) in [5.41, 5.74) is 0.390. The minimum absolute atomic E-state index is 0.390. The molecule has 1 aliphatic heterocycles. The van der Waals surface area contributed by atoms with Crippen molar-refractivity contribution in [2.24, 2.45) is 5.41 Å². The average Bonchev–Trinajstić information content (AvgIpc) is 1.95. The molecule has 0 radical (unpaired) electrons. The van der Waals surface area contributed by atoms with Gasteiger partial charge in [-0.2, -0.15) is 0 Å². The molecule has 0 aliphatic carbocycles. The lowest BCUT2D eigenvalue weighted by atomic mass is 9.85. The fraction of sp³-hybridized carbons (Fsp3) is 0.778. The molecule has 1 saturated heterocycles. The van der Waals surface area contributed by atoms with Crippen LogP contribution in [0.5, 0.6) is 0 Å². The quantitative estimate of drug-likeness (QED) is 0.457. The Bertz CT molecular complexity index is 136. The van der Waals surface area contributed by atoms with Gasteiger partial charge in [-0.25, -0.2) is 0 Å². The molecule has 1 heterocycles. The van der Waals surface area contributed by atoms with Crippen molar-refractivity contribution >= 4 is 0 Å². The van der Waals surface area contributed by atoms with E-state index in [1.807, 2.05) is 13.0 Å². The first-order valence-corrected chi connectivity index (χ1v) is 4.07. The van der Waals surface area contributed by atoms with Gasteiger partial charge in [-0.3, -0.25) is 0 Å². The van der Waals surface area contributed by atoms with Crippen LogP contribution in [-0.4, -0.2) is 19.8 Å². The van der Waals surface area contributed by atoms with Crippen LogP contribution in [0.2, 0.25) is 0 Å². The van der Waals surface area contributed by atoms with Gasteiger partial charge in [0.05, 0.1) is 26.1 Å². The zero-order valence-electron chi connectivity index (χ0n) is 7.30. The molecule has 0 spiro atoms. The van der Waals surface area contributed by atoms with Gasteiger partial charge >= 0.3 is 0 Å². The Morgan fingerprint density at radius 3 is 2.73 bits per heavy atom. The first kappa shape index (κ1) is 8.60. The largest absolute Gasteiger partial charge is 0.502 e. The number of ether oxygens (including phenoxy) is 2. The fourth-order valence-corrected chi connectivity index (χ4v) is 1.06. The van der Waals surface area contributed by atoms with Crippen molar-refractivity contribution in [2.45, 2.75) is 20.3 Å². The van der Waals surface area contributed by atoms with E-state index in [2.05, 4.69) is 6.92 Å². The van der Waals surface area contributed by atoms with Crippen molar-refractivity contribution in [3.05, 3.63) is 12.3 Å². The Balaban J connectivity index is 2.02. The third-order valence-corrected chi connectivity index (χ3v) is 1.96. The second-order valence-electron chi connectivity index (χ2n) is 3.39. The molecule has 0 saturated carbocycles. The Kier molecular flexibility index (Phi) is 2.94. The molecular weight excluding hydrogens is 140 g/mol. The lowest BCUT2D eigenvalue weighted by molar-refractivity contribution is -0.111. The highest BCUT2D eigenvalue weighted by Crippen LogP contribution is 2.30. The smallest absolute Gasteiger partial charge is 0.0880 e. The minimum Gasteiger partial charge on any atom is -0.502 e. The maximum atomic E-state index is 5.22. The molecule has 0 aromatic carbocycles. The molecule has 1 fully saturated rings. The Hall–Kier alpha value is -0.500. The summed E-state index contributed by atoms with van der Waals surface area (Å²) in [6.45, 7) is 6.78. The fourth-order valence-electron chi connectivity index (χ4n) is 1.06. The van der Waals surface area contributed by atoms with Gasteiger partial charge in [0, 0.05) is 5.41 Å². The van der Waals surface area contributed by atoms with Crippen LogP contribution in [0.4, 0.5) is 0 Å². The van der Waals surface area contributed by atoms with E-state index in [1.54, 1.807) is 6.26 Å². The van der Waals surface area contributed by atoms with Crippen molar-refractivity contribution in [3.8, 4) is 0 Å². The van der Waals surface area contributed by atoms with Crippen molar-refractivity contribution in [1.29, 1.82) is 0 Å². The summed E-state index contributed by atoms with van der Waals surface area (Å²) in [5.74, 6) is 0. The predicted molar refractivity (Wildman–Crippen MR) is 44.3 cm³/mol. The molecule has 2 heteroatoms. The van der Waals surface area contributed by atoms with Crippen molar-refractivity contribution in [3.63, 3.8) is 0 Å². The van der Waals surface area contributed by atoms with Crippen LogP contribution in [0.25, 0.3) is 0 Å². The van der Waals surface area contributed by atoms with E-state index < -0.39 is 0 Å². The summed E-state index contributed by atoms with van der Waals surface area (Å²) >= 11 is 0. The molecule has 0 unspecified atom stereocenters. The Labute approximate surface area is 68.2 Å². The van der Waals surface area contributed by atoms with E-state index in [0.29, 0.717) is 5.41 Å². The molecule has 11 heavy (non-hydrogen) atoms. The standard InChI is InChI=1S/C9H16O2/c1-3-5-10-6-4-9(2)7-11-8-9/h3,5H,4,6-8H2,1-2H3/b5-3+. The number of hydrogen-bond acceptors (Lipinski definition) is 2. The summed E-state index contributed by atoms with van der Waals surface area (Å²) in [5, 5.41) is 0. The molecule has 0 N–H and O–H groups in total. The second-order valence-corrected chi connectivity index (χ2v) is 3.39. The van der Waals surface area contributed by atoms with E-state index in [4.69, 9.17) is 9.47 Å². The third kappa shape index (κ3) is 2.54. The normalized spacial score (nSPS) is 21.6. The lowest BCUT2D eigenvalue weighted by Crippen LogP contribution is -2.40. The molecule has 64 valence electrons. The SMILES string of the molecule is C/C=C/OCCC1(C)COC1. The molecule has 0 aromatic heterocycles. The molecule has 1 aliphatic rings. The topological polar surface area (TPSA) is 18.5 Å². The number of hydrogen-bond donors (Lipinski definition) is 0. The van der Waals surface area contributed by atoms with Crippen LogP contribution in [0.1, 0.15) is 20.3 Å². The van der Waals surface area contributed by atoms with Gasteiger partial charge in [0.15, 0.2) is 0 Å². The van der Waals surface area contributed by atoms with E-state index in [0.717, 1.165) is 26.2 Å². The maximum Gasteiger partial charge on any atom is 0.0880 e. The van der Waals surface area contributed by atoms with Crippen LogP contribution in [0.3, 0.4) is 0 Å². The Morgan fingerprint density at radius 2 is 2.27 bits per heavy atom. The van der Waals surface area contributed by atoms with Gasteiger partial charge < -0.3 is 9.47 Å². The van der Waals surface area contributed by atoms with Gasteiger partial charge in [-0.05, 0) is 13.3 Å². The molecule has 2 nitrogen and oxygen atoms in total. The van der Waals surface area contributed by atoms with Gasteiger partial charge in [0.2, 0.25) is 0 Å². The Morgan fingerprint density at radius 1 is 1.55 bits per heavy atom. The van der Waals surface area contributed by atoms with Crippen LogP contribution in [-0.2, 0) is 9.47 Å². The maximum absolute atomic E-state index is 5.22.